The van der Waals surface area contributed by atoms with E-state index >= 15 is 0 Å². The molecule has 0 saturated carbocycles. The Morgan fingerprint density at radius 2 is 2.18 bits per heavy atom. The van der Waals surface area contributed by atoms with Crippen molar-refractivity contribution >= 4 is 17.2 Å². The summed E-state index contributed by atoms with van der Waals surface area (Å²) in [4.78, 5) is 13.2. The lowest BCUT2D eigenvalue weighted by molar-refractivity contribution is -0.121. The predicted octanol–water partition coefficient (Wildman–Crippen LogP) is 3.33. The first-order valence-electron chi connectivity index (χ1n) is 7.28. The van der Waals surface area contributed by atoms with Crippen molar-refractivity contribution in [3.63, 3.8) is 0 Å². The van der Waals surface area contributed by atoms with Gasteiger partial charge < -0.3 is 10.4 Å². The summed E-state index contributed by atoms with van der Waals surface area (Å²) in [6.07, 6.45) is 2.21. The van der Waals surface area contributed by atoms with Gasteiger partial charge in [-0.3, -0.25) is 4.79 Å². The SMILES string of the molecule is Cc1ccsc1CCCC(=O)NCc1ccc(F)c(CO)c1. The van der Waals surface area contributed by atoms with E-state index in [2.05, 4.69) is 23.7 Å². The summed E-state index contributed by atoms with van der Waals surface area (Å²) in [6, 6.07) is 6.59. The van der Waals surface area contributed by atoms with Gasteiger partial charge in [0.1, 0.15) is 5.82 Å². The van der Waals surface area contributed by atoms with Crippen LogP contribution in [0.4, 0.5) is 4.39 Å². The molecule has 0 aliphatic heterocycles. The minimum Gasteiger partial charge on any atom is -0.392 e. The van der Waals surface area contributed by atoms with Gasteiger partial charge in [0.15, 0.2) is 0 Å². The fraction of sp³-hybridized carbons (Fsp3) is 0.353. The highest BCUT2D eigenvalue weighted by Crippen LogP contribution is 2.18. The number of aliphatic hydroxyl groups is 1. The Hall–Kier alpha value is -1.72. The molecule has 1 aromatic carbocycles. The van der Waals surface area contributed by atoms with Crippen molar-refractivity contribution in [3.05, 3.63) is 57.0 Å². The van der Waals surface area contributed by atoms with Gasteiger partial charge in [0.05, 0.1) is 6.61 Å². The number of rotatable bonds is 7. The fourth-order valence-electron chi connectivity index (χ4n) is 2.22. The molecule has 2 N–H and O–H groups in total. The predicted molar refractivity (Wildman–Crippen MR) is 86.2 cm³/mol. The summed E-state index contributed by atoms with van der Waals surface area (Å²) in [5, 5.41) is 13.9. The van der Waals surface area contributed by atoms with Gasteiger partial charge in [-0.05, 0) is 54.5 Å². The van der Waals surface area contributed by atoms with Crippen molar-refractivity contribution in [3.8, 4) is 0 Å². The van der Waals surface area contributed by atoms with Gasteiger partial charge in [0, 0.05) is 23.4 Å². The zero-order chi connectivity index (χ0) is 15.9. The highest BCUT2D eigenvalue weighted by molar-refractivity contribution is 7.10. The van der Waals surface area contributed by atoms with Gasteiger partial charge in [0.25, 0.3) is 0 Å². The second-order valence-corrected chi connectivity index (χ2v) is 6.24. The third-order valence-corrected chi connectivity index (χ3v) is 4.63. The van der Waals surface area contributed by atoms with Crippen LogP contribution in [0.15, 0.2) is 29.6 Å². The van der Waals surface area contributed by atoms with Crippen LogP contribution in [-0.2, 0) is 24.4 Å². The average Bonchev–Trinajstić information content (AvgIpc) is 2.92. The van der Waals surface area contributed by atoms with Crippen LogP contribution >= 0.6 is 11.3 Å². The lowest BCUT2D eigenvalue weighted by Gasteiger charge is -2.07. The zero-order valence-corrected chi connectivity index (χ0v) is 13.4. The van der Waals surface area contributed by atoms with Crippen molar-refractivity contribution in [1.29, 1.82) is 0 Å². The van der Waals surface area contributed by atoms with Crippen LogP contribution in [0.1, 0.15) is 34.4 Å². The van der Waals surface area contributed by atoms with Gasteiger partial charge in [0.2, 0.25) is 5.91 Å². The van der Waals surface area contributed by atoms with Gasteiger partial charge >= 0.3 is 0 Å². The number of carbonyl (C=O) groups is 1. The maximum Gasteiger partial charge on any atom is 0.220 e. The third kappa shape index (κ3) is 4.64. The number of hydrogen-bond donors (Lipinski definition) is 2. The van der Waals surface area contributed by atoms with Crippen LogP contribution in [0.2, 0.25) is 0 Å². The monoisotopic (exact) mass is 321 g/mol. The number of thiophene rings is 1. The maximum absolute atomic E-state index is 13.3. The molecule has 2 rings (SSSR count). The molecule has 1 amide bonds. The van der Waals surface area contributed by atoms with E-state index in [4.69, 9.17) is 5.11 Å². The van der Waals surface area contributed by atoms with Gasteiger partial charge in [-0.15, -0.1) is 11.3 Å². The van der Waals surface area contributed by atoms with Crippen molar-refractivity contribution in [1.82, 2.24) is 5.32 Å². The molecule has 1 heterocycles. The van der Waals surface area contributed by atoms with E-state index < -0.39 is 5.82 Å². The molecule has 0 saturated heterocycles. The molecular formula is C17H20FNO2S. The normalized spacial score (nSPS) is 10.7. The van der Waals surface area contributed by atoms with Crippen LogP contribution in [0.25, 0.3) is 0 Å². The van der Waals surface area contributed by atoms with Gasteiger partial charge in [-0.2, -0.15) is 0 Å². The van der Waals surface area contributed by atoms with Crippen molar-refractivity contribution in [2.75, 3.05) is 0 Å². The van der Waals surface area contributed by atoms with Crippen LogP contribution in [-0.4, -0.2) is 11.0 Å². The highest BCUT2D eigenvalue weighted by atomic mass is 32.1. The van der Waals surface area contributed by atoms with E-state index in [1.165, 1.54) is 16.5 Å². The number of halogens is 1. The first-order chi connectivity index (χ1) is 10.6. The number of benzene rings is 1. The molecule has 0 aliphatic rings. The molecule has 5 heteroatoms. The zero-order valence-electron chi connectivity index (χ0n) is 12.6. The number of nitrogens with one attached hydrogen (secondary N) is 1. The lowest BCUT2D eigenvalue weighted by Crippen LogP contribution is -2.22. The summed E-state index contributed by atoms with van der Waals surface area (Å²) in [5.74, 6) is -0.437. The molecule has 0 atom stereocenters. The Labute approximate surface area is 133 Å². The van der Waals surface area contributed by atoms with Gasteiger partial charge in [-0.25, -0.2) is 4.39 Å². The largest absolute Gasteiger partial charge is 0.392 e. The van der Waals surface area contributed by atoms with E-state index in [-0.39, 0.29) is 18.1 Å². The van der Waals surface area contributed by atoms with Crippen molar-refractivity contribution in [2.24, 2.45) is 0 Å². The van der Waals surface area contributed by atoms with E-state index in [1.807, 2.05) is 0 Å². The second kappa shape index (κ2) is 8.06. The average molecular weight is 321 g/mol. The molecule has 0 spiro atoms. The maximum atomic E-state index is 13.3. The first-order valence-corrected chi connectivity index (χ1v) is 8.16. The molecule has 2 aromatic rings. The number of carbonyl (C=O) groups excluding carboxylic acids is 1. The summed E-state index contributed by atoms with van der Waals surface area (Å²) < 4.78 is 13.3. The van der Waals surface area contributed by atoms with E-state index in [0.29, 0.717) is 13.0 Å². The smallest absolute Gasteiger partial charge is 0.220 e. The molecule has 0 fully saturated rings. The molecule has 3 nitrogen and oxygen atoms in total. The summed E-state index contributed by atoms with van der Waals surface area (Å²) in [6.45, 7) is 2.09. The van der Waals surface area contributed by atoms with E-state index in [9.17, 15) is 9.18 Å². The molecule has 0 bridgehead atoms. The lowest BCUT2D eigenvalue weighted by atomic mass is 10.1. The van der Waals surface area contributed by atoms with Crippen molar-refractivity contribution < 1.29 is 14.3 Å². The Morgan fingerprint density at radius 3 is 2.86 bits per heavy atom. The standard InChI is InChI=1S/C17H20FNO2S/c1-12-7-8-22-16(12)3-2-4-17(21)19-10-13-5-6-15(18)14(9-13)11-20/h5-9,20H,2-4,10-11H2,1H3,(H,19,21). The number of aryl methyl sites for hydroxylation is 2. The van der Waals surface area contributed by atoms with Crippen LogP contribution in [0.3, 0.4) is 0 Å². The fourth-order valence-corrected chi connectivity index (χ4v) is 3.17. The Kier molecular flexibility index (Phi) is 6.10. The Balaban J connectivity index is 1.74. The minimum absolute atomic E-state index is 0.0101. The molecule has 118 valence electrons. The topological polar surface area (TPSA) is 49.3 Å². The summed E-state index contributed by atoms with van der Waals surface area (Å²) in [7, 11) is 0. The molecular weight excluding hydrogens is 301 g/mol. The van der Waals surface area contributed by atoms with Crippen molar-refractivity contribution in [2.45, 2.75) is 39.3 Å². The number of amides is 1. The van der Waals surface area contributed by atoms with Crippen LogP contribution in [0.5, 0.6) is 0 Å². The molecule has 22 heavy (non-hydrogen) atoms. The quantitative estimate of drug-likeness (QED) is 0.822. The highest BCUT2D eigenvalue weighted by Gasteiger charge is 2.06. The Bertz CT molecular complexity index is 639. The molecule has 1 aromatic heterocycles. The molecule has 0 unspecified atom stereocenters. The van der Waals surface area contributed by atoms with Crippen LogP contribution in [0, 0.1) is 12.7 Å². The molecule has 0 radical (unpaired) electrons. The summed E-state index contributed by atoms with van der Waals surface area (Å²) in [5.41, 5.74) is 2.32. The number of hydrogen-bond acceptors (Lipinski definition) is 3. The number of aliphatic hydroxyl groups excluding tert-OH is 1. The summed E-state index contributed by atoms with van der Waals surface area (Å²) >= 11 is 1.73. The Morgan fingerprint density at radius 1 is 1.36 bits per heavy atom. The van der Waals surface area contributed by atoms with Crippen LogP contribution < -0.4 is 5.32 Å². The van der Waals surface area contributed by atoms with E-state index in [0.717, 1.165) is 18.4 Å². The van der Waals surface area contributed by atoms with Gasteiger partial charge in [-0.1, -0.05) is 6.07 Å². The molecule has 0 aliphatic carbocycles. The van der Waals surface area contributed by atoms with E-state index in [1.54, 1.807) is 23.5 Å². The third-order valence-electron chi connectivity index (χ3n) is 3.55. The first kappa shape index (κ1) is 16.6. The minimum atomic E-state index is -0.427. The second-order valence-electron chi connectivity index (χ2n) is 5.24.